The molecule has 2 aliphatic heterocycles. The molecular weight excluding hydrogens is 390 g/mol. The number of halogens is 1. The second-order valence-corrected chi connectivity index (χ2v) is 7.91. The number of likely N-dealkylation sites (tertiary alicyclic amines) is 1. The van der Waals surface area contributed by atoms with Crippen molar-refractivity contribution < 1.29 is 9.59 Å². The first-order valence-corrected chi connectivity index (χ1v) is 10.0. The lowest BCUT2D eigenvalue weighted by atomic mass is 9.98. The molecule has 2 amide bonds. The quantitative estimate of drug-likeness (QED) is 0.716. The Hall–Kier alpha value is -2.38. The molecular formula is C21H28ClN5O2. The Morgan fingerprint density at radius 2 is 2.00 bits per heavy atom. The van der Waals surface area contributed by atoms with Crippen molar-refractivity contribution in [2.24, 2.45) is 5.92 Å². The largest absolute Gasteiger partial charge is 0.339 e. The highest BCUT2D eigenvalue weighted by molar-refractivity contribution is 6.05. The second kappa shape index (κ2) is 8.97. The van der Waals surface area contributed by atoms with Crippen molar-refractivity contribution in [2.75, 3.05) is 25.0 Å². The Labute approximate surface area is 177 Å². The van der Waals surface area contributed by atoms with Crippen LogP contribution in [-0.2, 0) is 13.0 Å². The molecule has 0 saturated carbocycles. The van der Waals surface area contributed by atoms with Gasteiger partial charge in [-0.2, -0.15) is 5.10 Å². The zero-order chi connectivity index (χ0) is 19.7. The molecule has 4 rings (SSSR count). The number of anilines is 1. The number of nitrogens with zero attached hydrogens (tertiary/aromatic N) is 2. The highest BCUT2D eigenvalue weighted by atomic mass is 35.5. The number of nitrogens with one attached hydrogen (secondary N) is 3. The summed E-state index contributed by atoms with van der Waals surface area (Å²) in [5, 5.41) is 13.4. The lowest BCUT2D eigenvalue weighted by Crippen LogP contribution is -2.37. The summed E-state index contributed by atoms with van der Waals surface area (Å²) >= 11 is 0. The van der Waals surface area contributed by atoms with Gasteiger partial charge in [0.25, 0.3) is 11.8 Å². The zero-order valence-corrected chi connectivity index (χ0v) is 17.7. The fourth-order valence-corrected chi connectivity index (χ4v) is 3.93. The summed E-state index contributed by atoms with van der Waals surface area (Å²) in [6.45, 7) is 7.31. The SMILES string of the molecule is Cc1cc(C(=O)N2CCC(C)CC2)ccc1NC(=O)c1n[nH]c2c1CNCC2.Cl. The Balaban J connectivity index is 0.00000240. The summed E-state index contributed by atoms with van der Waals surface area (Å²) in [6.07, 6.45) is 2.96. The number of aryl methyl sites for hydroxylation is 1. The van der Waals surface area contributed by atoms with Gasteiger partial charge in [-0.3, -0.25) is 14.7 Å². The number of hydrogen-bond donors (Lipinski definition) is 3. The van der Waals surface area contributed by atoms with E-state index in [2.05, 4.69) is 27.8 Å². The molecule has 0 atom stereocenters. The maximum Gasteiger partial charge on any atom is 0.276 e. The predicted molar refractivity (Wildman–Crippen MR) is 115 cm³/mol. The third-order valence-electron chi connectivity index (χ3n) is 5.81. The van der Waals surface area contributed by atoms with Crippen LogP contribution in [0.25, 0.3) is 0 Å². The van der Waals surface area contributed by atoms with Gasteiger partial charge in [0, 0.05) is 55.1 Å². The molecule has 156 valence electrons. The van der Waals surface area contributed by atoms with Crippen LogP contribution in [0.2, 0.25) is 0 Å². The molecule has 8 heteroatoms. The number of carbonyl (C=O) groups is 2. The zero-order valence-electron chi connectivity index (χ0n) is 16.9. The summed E-state index contributed by atoms with van der Waals surface area (Å²) < 4.78 is 0. The van der Waals surface area contributed by atoms with Crippen molar-refractivity contribution in [1.29, 1.82) is 0 Å². The molecule has 29 heavy (non-hydrogen) atoms. The molecule has 0 unspecified atom stereocenters. The van der Waals surface area contributed by atoms with Crippen LogP contribution in [0.3, 0.4) is 0 Å². The lowest BCUT2D eigenvalue weighted by Gasteiger charge is -2.30. The van der Waals surface area contributed by atoms with Crippen LogP contribution in [0, 0.1) is 12.8 Å². The number of piperidine rings is 1. The van der Waals surface area contributed by atoms with E-state index >= 15 is 0 Å². The summed E-state index contributed by atoms with van der Waals surface area (Å²) in [4.78, 5) is 27.4. The van der Waals surface area contributed by atoms with E-state index in [1.165, 1.54) is 0 Å². The standard InChI is InChI=1S/C21H27N5O2.ClH/c1-13-6-9-26(10-7-13)21(28)15-3-4-17(14(2)11-15)23-20(27)19-16-12-22-8-5-18(16)24-25-19;/h3-4,11,13,22H,5-10,12H2,1-2H3,(H,23,27)(H,24,25);1H. The van der Waals surface area contributed by atoms with Gasteiger partial charge in [-0.05, 0) is 49.4 Å². The van der Waals surface area contributed by atoms with Crippen LogP contribution in [0.5, 0.6) is 0 Å². The van der Waals surface area contributed by atoms with Crippen LogP contribution < -0.4 is 10.6 Å². The average molecular weight is 418 g/mol. The molecule has 1 saturated heterocycles. The van der Waals surface area contributed by atoms with Gasteiger partial charge in [0.2, 0.25) is 0 Å². The molecule has 1 aromatic carbocycles. The van der Waals surface area contributed by atoms with Crippen LogP contribution in [0.4, 0.5) is 5.69 Å². The van der Waals surface area contributed by atoms with E-state index < -0.39 is 0 Å². The first-order chi connectivity index (χ1) is 13.5. The Morgan fingerprint density at radius 1 is 1.24 bits per heavy atom. The van der Waals surface area contributed by atoms with Crippen LogP contribution in [-0.4, -0.2) is 46.5 Å². The van der Waals surface area contributed by atoms with E-state index in [-0.39, 0.29) is 24.2 Å². The molecule has 3 N–H and O–H groups in total. The van der Waals surface area contributed by atoms with E-state index in [1.807, 2.05) is 24.0 Å². The predicted octanol–water partition coefficient (Wildman–Crippen LogP) is 2.91. The topological polar surface area (TPSA) is 90.1 Å². The number of amides is 2. The molecule has 1 aromatic heterocycles. The minimum Gasteiger partial charge on any atom is -0.339 e. The third kappa shape index (κ3) is 4.46. The molecule has 0 aliphatic carbocycles. The number of fused-ring (bicyclic) bond motifs is 1. The maximum atomic E-state index is 12.8. The number of rotatable bonds is 3. The summed E-state index contributed by atoms with van der Waals surface area (Å²) in [5.41, 5.74) is 4.64. The van der Waals surface area contributed by atoms with Gasteiger partial charge >= 0.3 is 0 Å². The van der Waals surface area contributed by atoms with E-state index in [0.717, 1.165) is 55.7 Å². The summed E-state index contributed by atoms with van der Waals surface area (Å²) in [7, 11) is 0. The van der Waals surface area contributed by atoms with Crippen LogP contribution in [0.15, 0.2) is 18.2 Å². The van der Waals surface area contributed by atoms with E-state index in [9.17, 15) is 9.59 Å². The molecule has 2 aromatic rings. The molecule has 3 heterocycles. The van der Waals surface area contributed by atoms with Crippen molar-refractivity contribution in [1.82, 2.24) is 20.4 Å². The third-order valence-corrected chi connectivity index (χ3v) is 5.81. The van der Waals surface area contributed by atoms with Crippen LogP contribution in [0.1, 0.15) is 57.4 Å². The normalized spacial score (nSPS) is 16.7. The van der Waals surface area contributed by atoms with Gasteiger partial charge in [0.1, 0.15) is 0 Å². The van der Waals surface area contributed by atoms with Crippen molar-refractivity contribution >= 4 is 29.9 Å². The fourth-order valence-electron chi connectivity index (χ4n) is 3.93. The fraction of sp³-hybridized carbons (Fsp3) is 0.476. The molecule has 0 radical (unpaired) electrons. The highest BCUT2D eigenvalue weighted by Gasteiger charge is 2.23. The van der Waals surface area contributed by atoms with Crippen molar-refractivity contribution in [2.45, 2.75) is 39.7 Å². The highest BCUT2D eigenvalue weighted by Crippen LogP contribution is 2.23. The minimum atomic E-state index is -0.228. The van der Waals surface area contributed by atoms with Gasteiger partial charge in [-0.1, -0.05) is 6.92 Å². The van der Waals surface area contributed by atoms with Crippen LogP contribution >= 0.6 is 12.4 Å². The van der Waals surface area contributed by atoms with E-state index in [1.54, 1.807) is 6.07 Å². The van der Waals surface area contributed by atoms with Gasteiger partial charge in [0.15, 0.2) is 5.69 Å². The number of hydrogen-bond acceptors (Lipinski definition) is 4. The van der Waals surface area contributed by atoms with E-state index in [0.29, 0.717) is 29.4 Å². The van der Waals surface area contributed by atoms with Gasteiger partial charge in [-0.25, -0.2) is 0 Å². The Bertz CT molecular complexity index is 902. The van der Waals surface area contributed by atoms with Crippen molar-refractivity contribution in [3.8, 4) is 0 Å². The van der Waals surface area contributed by atoms with Crippen molar-refractivity contribution in [3.05, 3.63) is 46.3 Å². The summed E-state index contributed by atoms with van der Waals surface area (Å²) in [5.74, 6) is 0.528. The molecule has 1 fully saturated rings. The smallest absolute Gasteiger partial charge is 0.276 e. The molecule has 0 bridgehead atoms. The second-order valence-electron chi connectivity index (χ2n) is 7.91. The number of aromatic nitrogens is 2. The molecule has 0 spiro atoms. The first-order valence-electron chi connectivity index (χ1n) is 10.0. The number of carbonyl (C=O) groups excluding carboxylic acids is 2. The number of benzene rings is 1. The summed E-state index contributed by atoms with van der Waals surface area (Å²) in [6, 6.07) is 5.46. The monoisotopic (exact) mass is 417 g/mol. The lowest BCUT2D eigenvalue weighted by molar-refractivity contribution is 0.0697. The van der Waals surface area contributed by atoms with Gasteiger partial charge in [0.05, 0.1) is 0 Å². The molecule has 2 aliphatic rings. The number of aromatic amines is 1. The maximum absolute atomic E-state index is 12.8. The Morgan fingerprint density at radius 3 is 2.72 bits per heavy atom. The van der Waals surface area contributed by atoms with Gasteiger partial charge in [-0.15, -0.1) is 12.4 Å². The van der Waals surface area contributed by atoms with E-state index in [4.69, 9.17) is 0 Å². The van der Waals surface area contributed by atoms with Crippen molar-refractivity contribution in [3.63, 3.8) is 0 Å². The number of H-pyrrole nitrogens is 1. The average Bonchev–Trinajstić information content (AvgIpc) is 3.14. The molecule has 7 nitrogen and oxygen atoms in total. The Kier molecular flexibility index (Phi) is 6.59. The van der Waals surface area contributed by atoms with Gasteiger partial charge < -0.3 is 15.5 Å². The minimum absolute atomic E-state index is 0. The first kappa shape index (κ1) is 21.3.